The second-order valence-electron chi connectivity index (χ2n) is 8.02. The first-order chi connectivity index (χ1) is 12.4. The molecule has 3 rings (SSSR count). The highest BCUT2D eigenvalue weighted by atomic mass is 32.1. The second-order valence-corrected chi connectivity index (χ2v) is 9.29. The lowest BCUT2D eigenvalue weighted by atomic mass is 9.77. The zero-order valence-corrected chi connectivity index (χ0v) is 17.3. The Morgan fingerprint density at radius 3 is 2.38 bits per heavy atom. The maximum atomic E-state index is 11.2. The van der Waals surface area contributed by atoms with Gasteiger partial charge in [-0.15, -0.1) is 11.3 Å². The SMILES string of the molecule is CC[C@H](NC1CCC(O)(c2ccc(C(C)C)cc2)CC1)c1ncc(C)s1. The third-order valence-electron chi connectivity index (χ3n) is 5.71. The Hall–Kier alpha value is -1.23. The van der Waals surface area contributed by atoms with Gasteiger partial charge in [0.15, 0.2) is 0 Å². The zero-order valence-electron chi connectivity index (χ0n) is 16.5. The molecule has 0 saturated heterocycles. The van der Waals surface area contributed by atoms with Crippen molar-refractivity contribution in [3.63, 3.8) is 0 Å². The van der Waals surface area contributed by atoms with Gasteiger partial charge in [-0.2, -0.15) is 0 Å². The summed E-state index contributed by atoms with van der Waals surface area (Å²) in [6, 6.07) is 9.36. The molecule has 3 nitrogen and oxygen atoms in total. The average Bonchev–Trinajstić information content (AvgIpc) is 3.07. The van der Waals surface area contributed by atoms with Crippen molar-refractivity contribution in [1.29, 1.82) is 0 Å². The number of hydrogen-bond acceptors (Lipinski definition) is 4. The van der Waals surface area contributed by atoms with E-state index in [1.54, 1.807) is 11.3 Å². The molecule has 0 radical (unpaired) electrons. The Morgan fingerprint density at radius 2 is 1.88 bits per heavy atom. The summed E-state index contributed by atoms with van der Waals surface area (Å²) < 4.78 is 0. The minimum Gasteiger partial charge on any atom is -0.385 e. The predicted molar refractivity (Wildman–Crippen MR) is 110 cm³/mol. The van der Waals surface area contributed by atoms with Crippen LogP contribution in [0.2, 0.25) is 0 Å². The van der Waals surface area contributed by atoms with Gasteiger partial charge in [-0.05, 0) is 56.1 Å². The first kappa shape index (κ1) is 19.5. The van der Waals surface area contributed by atoms with Crippen molar-refractivity contribution in [2.75, 3.05) is 0 Å². The first-order valence-electron chi connectivity index (χ1n) is 9.92. The van der Waals surface area contributed by atoms with Gasteiger partial charge >= 0.3 is 0 Å². The van der Waals surface area contributed by atoms with Crippen LogP contribution in [0.4, 0.5) is 0 Å². The largest absolute Gasteiger partial charge is 0.385 e. The van der Waals surface area contributed by atoms with E-state index in [1.165, 1.54) is 15.4 Å². The van der Waals surface area contributed by atoms with Gasteiger partial charge in [-0.25, -0.2) is 4.98 Å². The van der Waals surface area contributed by atoms with E-state index >= 15 is 0 Å². The van der Waals surface area contributed by atoms with E-state index in [-0.39, 0.29) is 0 Å². The molecule has 1 aromatic heterocycles. The highest BCUT2D eigenvalue weighted by Crippen LogP contribution is 2.38. The van der Waals surface area contributed by atoms with Crippen molar-refractivity contribution >= 4 is 11.3 Å². The van der Waals surface area contributed by atoms with E-state index in [2.05, 4.69) is 62.3 Å². The number of rotatable bonds is 6. The molecule has 0 spiro atoms. The fraction of sp³-hybridized carbons (Fsp3) is 0.591. The van der Waals surface area contributed by atoms with Crippen LogP contribution in [0.5, 0.6) is 0 Å². The van der Waals surface area contributed by atoms with E-state index in [0.29, 0.717) is 18.0 Å². The Bertz CT molecular complexity index is 699. The van der Waals surface area contributed by atoms with Gasteiger partial charge in [0.05, 0.1) is 11.6 Å². The maximum absolute atomic E-state index is 11.2. The molecule has 0 amide bonds. The van der Waals surface area contributed by atoms with Gasteiger partial charge in [0.2, 0.25) is 0 Å². The molecular formula is C22H32N2OS. The van der Waals surface area contributed by atoms with Crippen molar-refractivity contribution < 1.29 is 5.11 Å². The predicted octanol–water partition coefficient (Wildman–Crippen LogP) is 5.45. The fourth-order valence-corrected chi connectivity index (χ4v) is 4.83. The van der Waals surface area contributed by atoms with E-state index in [9.17, 15) is 5.11 Å². The lowest BCUT2D eigenvalue weighted by molar-refractivity contribution is -0.00947. The highest BCUT2D eigenvalue weighted by Gasteiger charge is 2.35. The van der Waals surface area contributed by atoms with Crippen molar-refractivity contribution in [2.45, 2.75) is 83.4 Å². The van der Waals surface area contributed by atoms with E-state index < -0.39 is 5.60 Å². The molecule has 26 heavy (non-hydrogen) atoms. The molecule has 2 N–H and O–H groups in total. The number of hydrogen-bond donors (Lipinski definition) is 2. The number of nitrogens with one attached hydrogen (secondary N) is 1. The lowest BCUT2D eigenvalue weighted by Gasteiger charge is -2.38. The fourth-order valence-electron chi connectivity index (χ4n) is 3.91. The number of aromatic nitrogens is 1. The molecule has 0 unspecified atom stereocenters. The summed E-state index contributed by atoms with van der Waals surface area (Å²) in [7, 11) is 0. The Morgan fingerprint density at radius 1 is 1.23 bits per heavy atom. The summed E-state index contributed by atoms with van der Waals surface area (Å²) in [5.74, 6) is 0.527. The second kappa shape index (κ2) is 8.20. The highest BCUT2D eigenvalue weighted by molar-refractivity contribution is 7.11. The van der Waals surface area contributed by atoms with Gasteiger partial charge < -0.3 is 10.4 Å². The van der Waals surface area contributed by atoms with Gasteiger partial charge in [-0.1, -0.05) is 45.0 Å². The molecule has 142 valence electrons. The van der Waals surface area contributed by atoms with Crippen LogP contribution in [0.15, 0.2) is 30.5 Å². The summed E-state index contributed by atoms with van der Waals surface area (Å²) in [5, 5.41) is 16.1. The van der Waals surface area contributed by atoms with E-state index in [0.717, 1.165) is 37.7 Å². The van der Waals surface area contributed by atoms with Crippen LogP contribution in [0, 0.1) is 6.92 Å². The minimum absolute atomic E-state index is 0.329. The average molecular weight is 373 g/mol. The van der Waals surface area contributed by atoms with Crippen LogP contribution in [-0.2, 0) is 5.60 Å². The van der Waals surface area contributed by atoms with Gasteiger partial charge in [0, 0.05) is 17.1 Å². The number of benzene rings is 1. The van der Waals surface area contributed by atoms with Crippen molar-refractivity contribution in [3.8, 4) is 0 Å². The summed E-state index contributed by atoms with van der Waals surface area (Å²) in [6.45, 7) is 8.73. The van der Waals surface area contributed by atoms with Gasteiger partial charge in [-0.3, -0.25) is 0 Å². The number of nitrogens with zero attached hydrogens (tertiary/aromatic N) is 1. The van der Waals surface area contributed by atoms with Crippen LogP contribution in [0.1, 0.15) is 85.8 Å². The molecule has 4 heteroatoms. The molecule has 0 aliphatic heterocycles. The van der Waals surface area contributed by atoms with Crippen molar-refractivity contribution in [3.05, 3.63) is 51.5 Å². The normalized spacial score (nSPS) is 24.8. The van der Waals surface area contributed by atoms with Crippen LogP contribution in [0.3, 0.4) is 0 Å². The Kier molecular flexibility index (Phi) is 6.16. The minimum atomic E-state index is -0.673. The maximum Gasteiger partial charge on any atom is 0.110 e. The smallest absolute Gasteiger partial charge is 0.110 e. The molecule has 1 aliphatic carbocycles. The van der Waals surface area contributed by atoms with Crippen LogP contribution >= 0.6 is 11.3 Å². The first-order valence-corrected chi connectivity index (χ1v) is 10.7. The molecule has 0 bridgehead atoms. The zero-order chi connectivity index (χ0) is 18.7. The Balaban J connectivity index is 1.60. The monoisotopic (exact) mass is 372 g/mol. The van der Waals surface area contributed by atoms with Crippen molar-refractivity contribution in [1.82, 2.24) is 10.3 Å². The van der Waals surface area contributed by atoms with Crippen LogP contribution in [-0.4, -0.2) is 16.1 Å². The van der Waals surface area contributed by atoms with Crippen molar-refractivity contribution in [2.24, 2.45) is 0 Å². The summed E-state index contributed by atoms with van der Waals surface area (Å²) in [4.78, 5) is 5.82. The summed E-state index contributed by atoms with van der Waals surface area (Å²) in [6.07, 6.45) is 6.65. The molecule has 1 aliphatic rings. The molecule has 1 saturated carbocycles. The summed E-state index contributed by atoms with van der Waals surface area (Å²) in [5.41, 5.74) is 1.73. The van der Waals surface area contributed by atoms with Crippen LogP contribution in [0.25, 0.3) is 0 Å². The molecule has 1 aromatic carbocycles. The number of thiazole rings is 1. The molecule has 2 aromatic rings. The number of aliphatic hydroxyl groups is 1. The lowest BCUT2D eigenvalue weighted by Crippen LogP contribution is -2.41. The van der Waals surface area contributed by atoms with Gasteiger partial charge in [0.1, 0.15) is 5.01 Å². The topological polar surface area (TPSA) is 45.1 Å². The molecule has 1 fully saturated rings. The summed E-state index contributed by atoms with van der Waals surface area (Å²) >= 11 is 1.79. The third-order valence-corrected chi connectivity index (χ3v) is 6.74. The quantitative estimate of drug-likeness (QED) is 0.709. The number of aryl methyl sites for hydroxylation is 1. The standard InChI is InChI=1S/C22H32N2OS/c1-5-20(21-23-14-16(4)26-21)24-19-10-12-22(25,13-11-19)18-8-6-17(7-9-18)15(2)3/h6-9,14-15,19-20,24-25H,5,10-13H2,1-4H3/t19?,20-,22?/m0/s1. The molecular weight excluding hydrogens is 340 g/mol. The van der Waals surface area contributed by atoms with E-state index in [4.69, 9.17) is 0 Å². The van der Waals surface area contributed by atoms with E-state index in [1.807, 2.05) is 6.20 Å². The third kappa shape index (κ3) is 4.36. The van der Waals surface area contributed by atoms with Crippen LogP contribution < -0.4 is 5.32 Å². The Labute approximate surface area is 161 Å². The molecule has 1 heterocycles. The van der Waals surface area contributed by atoms with Gasteiger partial charge in [0.25, 0.3) is 0 Å². The molecule has 1 atom stereocenters.